The lowest BCUT2D eigenvalue weighted by Crippen LogP contribution is -2.32. The van der Waals surface area contributed by atoms with E-state index in [0.717, 1.165) is 31.6 Å². The topological polar surface area (TPSA) is 58.2 Å². The van der Waals surface area contributed by atoms with Gasteiger partial charge >= 0.3 is 0 Å². The number of hydrogen-bond donors (Lipinski definition) is 1. The molecule has 1 aliphatic rings. The maximum absolute atomic E-state index is 14.1. The number of aromatic nitrogens is 2. The van der Waals surface area contributed by atoms with Crippen LogP contribution in [0.1, 0.15) is 24.1 Å². The molecule has 0 bridgehead atoms. The average Bonchev–Trinajstić information content (AvgIpc) is 3.16. The summed E-state index contributed by atoms with van der Waals surface area (Å²) < 4.78 is 19.9. The third-order valence-corrected chi connectivity index (χ3v) is 4.91. The van der Waals surface area contributed by atoms with Gasteiger partial charge < -0.3 is 9.72 Å². The summed E-state index contributed by atoms with van der Waals surface area (Å²) in [5, 5.41) is 0.374. The number of hydrogen-bond acceptors (Lipinski definition) is 4. The number of benzene rings is 1. The summed E-state index contributed by atoms with van der Waals surface area (Å²) in [5.41, 5.74) is 1.93. The molecule has 0 aliphatic carbocycles. The smallest absolute Gasteiger partial charge is 0.189 e. The summed E-state index contributed by atoms with van der Waals surface area (Å²) in [7, 11) is 0. The molecule has 3 heterocycles. The van der Waals surface area contributed by atoms with E-state index in [1.165, 1.54) is 6.07 Å². The molecule has 0 saturated carbocycles. The van der Waals surface area contributed by atoms with Crippen molar-refractivity contribution in [3.8, 4) is 0 Å². The van der Waals surface area contributed by atoms with Crippen molar-refractivity contribution in [1.82, 2.24) is 14.9 Å². The van der Waals surface area contributed by atoms with Gasteiger partial charge in [0.25, 0.3) is 0 Å². The van der Waals surface area contributed by atoms with E-state index in [1.807, 2.05) is 12.1 Å². The molecule has 0 radical (unpaired) electrons. The zero-order valence-corrected chi connectivity index (χ0v) is 15.0. The fourth-order valence-corrected chi connectivity index (χ4v) is 3.62. The van der Waals surface area contributed by atoms with Crippen molar-refractivity contribution in [3.63, 3.8) is 0 Å². The van der Waals surface area contributed by atoms with E-state index in [0.29, 0.717) is 24.2 Å². The van der Waals surface area contributed by atoms with Crippen molar-refractivity contribution >= 4 is 10.9 Å². The number of pyridine rings is 2. The van der Waals surface area contributed by atoms with E-state index in [-0.39, 0.29) is 17.0 Å². The summed E-state index contributed by atoms with van der Waals surface area (Å²) in [6.45, 7) is 2.78. The Kier molecular flexibility index (Phi) is 5.27. The van der Waals surface area contributed by atoms with Crippen molar-refractivity contribution in [3.05, 3.63) is 76.1 Å². The Morgan fingerprint density at radius 1 is 1.22 bits per heavy atom. The molecule has 1 aliphatic heterocycles. The van der Waals surface area contributed by atoms with Gasteiger partial charge in [-0.25, -0.2) is 4.39 Å². The fourth-order valence-electron chi connectivity index (χ4n) is 3.62. The summed E-state index contributed by atoms with van der Waals surface area (Å²) in [4.78, 5) is 21.8. The molecule has 1 N–H and O–H groups in total. The first-order valence-electron chi connectivity index (χ1n) is 9.22. The fraction of sp³-hybridized carbons (Fsp3) is 0.333. The minimum Gasteiger partial charge on any atom is -0.377 e. The van der Waals surface area contributed by atoms with E-state index >= 15 is 0 Å². The van der Waals surface area contributed by atoms with Crippen molar-refractivity contribution in [1.29, 1.82) is 0 Å². The molecule has 27 heavy (non-hydrogen) atoms. The Morgan fingerprint density at radius 3 is 2.85 bits per heavy atom. The first-order valence-corrected chi connectivity index (χ1v) is 9.22. The molecule has 1 saturated heterocycles. The highest BCUT2D eigenvalue weighted by atomic mass is 19.1. The molecule has 140 valence electrons. The van der Waals surface area contributed by atoms with Crippen molar-refractivity contribution in [2.45, 2.75) is 32.0 Å². The van der Waals surface area contributed by atoms with Crippen LogP contribution in [-0.2, 0) is 17.8 Å². The molecule has 0 unspecified atom stereocenters. The monoisotopic (exact) mass is 367 g/mol. The number of halogens is 1. The van der Waals surface area contributed by atoms with Gasteiger partial charge in [-0.15, -0.1) is 0 Å². The number of ether oxygens (including phenoxy) is 1. The molecule has 2 aromatic heterocycles. The van der Waals surface area contributed by atoms with Crippen molar-refractivity contribution < 1.29 is 9.13 Å². The van der Waals surface area contributed by atoms with Crippen LogP contribution in [0, 0.1) is 5.82 Å². The Labute approximate surface area is 156 Å². The highest BCUT2D eigenvalue weighted by molar-refractivity contribution is 5.78. The standard InChI is InChI=1S/C21H22FN3O2/c22-19-5-1-4-18-20(26)11-16(24-21(18)19)13-25(14-17-3-2-10-27-17)12-15-6-8-23-9-7-15/h1,4-9,11,17H,2-3,10,12-14H2,(H,24,26)/t17-/m0/s1. The number of rotatable bonds is 6. The van der Waals surface area contributed by atoms with Crippen LogP contribution in [0.4, 0.5) is 4.39 Å². The second-order valence-electron chi connectivity index (χ2n) is 6.98. The molecule has 1 atom stereocenters. The highest BCUT2D eigenvalue weighted by Gasteiger charge is 2.20. The second-order valence-corrected chi connectivity index (χ2v) is 6.98. The number of nitrogens with one attached hydrogen (secondary N) is 1. The van der Waals surface area contributed by atoms with Gasteiger partial charge in [0.2, 0.25) is 0 Å². The molecule has 0 spiro atoms. The first kappa shape index (κ1) is 17.8. The number of nitrogens with zero attached hydrogens (tertiary/aromatic N) is 2. The van der Waals surface area contributed by atoms with Crippen LogP contribution in [-0.4, -0.2) is 34.1 Å². The van der Waals surface area contributed by atoms with E-state index in [9.17, 15) is 9.18 Å². The Morgan fingerprint density at radius 2 is 2.07 bits per heavy atom. The number of H-pyrrole nitrogens is 1. The van der Waals surface area contributed by atoms with Gasteiger partial charge in [-0.1, -0.05) is 6.07 Å². The van der Waals surface area contributed by atoms with Gasteiger partial charge in [0, 0.05) is 55.8 Å². The third kappa shape index (κ3) is 4.23. The molecule has 4 rings (SSSR count). The van der Waals surface area contributed by atoms with Gasteiger partial charge in [0.15, 0.2) is 5.43 Å². The average molecular weight is 367 g/mol. The normalized spacial score (nSPS) is 17.0. The predicted molar refractivity (Wildman–Crippen MR) is 102 cm³/mol. The summed E-state index contributed by atoms with van der Waals surface area (Å²) in [6, 6.07) is 10.1. The van der Waals surface area contributed by atoms with Crippen LogP contribution >= 0.6 is 0 Å². The Bertz CT molecular complexity index is 968. The maximum atomic E-state index is 14.1. The lowest BCUT2D eigenvalue weighted by molar-refractivity contribution is 0.0675. The van der Waals surface area contributed by atoms with Crippen LogP contribution in [0.3, 0.4) is 0 Å². The lowest BCUT2D eigenvalue weighted by atomic mass is 10.1. The number of aromatic amines is 1. The molecule has 3 aromatic rings. The SMILES string of the molecule is O=c1cc(CN(Cc2ccncc2)C[C@@H]2CCCO2)[nH]c2c(F)cccc12. The van der Waals surface area contributed by atoms with Gasteiger partial charge in [-0.2, -0.15) is 0 Å². The molecular weight excluding hydrogens is 345 g/mol. The van der Waals surface area contributed by atoms with E-state index in [4.69, 9.17) is 4.74 Å². The molecule has 6 heteroatoms. The second kappa shape index (κ2) is 7.98. The highest BCUT2D eigenvalue weighted by Crippen LogP contribution is 2.18. The van der Waals surface area contributed by atoms with Crippen molar-refractivity contribution in [2.75, 3.05) is 13.2 Å². The summed E-state index contributed by atoms with van der Waals surface area (Å²) in [5.74, 6) is -0.411. The molecule has 0 amide bonds. The van der Waals surface area contributed by atoms with Crippen LogP contribution in [0.2, 0.25) is 0 Å². The predicted octanol–water partition coefficient (Wildman–Crippen LogP) is 3.24. The zero-order valence-electron chi connectivity index (χ0n) is 15.0. The van der Waals surface area contributed by atoms with Crippen molar-refractivity contribution in [2.24, 2.45) is 0 Å². The summed E-state index contributed by atoms with van der Waals surface area (Å²) in [6.07, 6.45) is 5.84. The van der Waals surface area contributed by atoms with Crippen LogP contribution < -0.4 is 5.43 Å². The molecular formula is C21H22FN3O2. The van der Waals surface area contributed by atoms with E-state index in [2.05, 4.69) is 14.9 Å². The van der Waals surface area contributed by atoms with Gasteiger partial charge in [-0.05, 0) is 42.7 Å². The van der Waals surface area contributed by atoms with Gasteiger partial charge in [0.05, 0.1) is 11.6 Å². The van der Waals surface area contributed by atoms with Gasteiger partial charge in [-0.3, -0.25) is 14.7 Å². The minimum absolute atomic E-state index is 0.167. The number of fused-ring (bicyclic) bond motifs is 1. The van der Waals surface area contributed by atoms with Crippen LogP contribution in [0.5, 0.6) is 0 Å². The lowest BCUT2D eigenvalue weighted by Gasteiger charge is -2.25. The molecule has 1 fully saturated rings. The van der Waals surface area contributed by atoms with Crippen LogP contribution in [0.15, 0.2) is 53.6 Å². The summed E-state index contributed by atoms with van der Waals surface area (Å²) >= 11 is 0. The number of para-hydroxylation sites is 1. The first-order chi connectivity index (χ1) is 13.2. The minimum atomic E-state index is -0.411. The van der Waals surface area contributed by atoms with Gasteiger partial charge in [0.1, 0.15) is 5.82 Å². The Balaban J connectivity index is 1.61. The quantitative estimate of drug-likeness (QED) is 0.727. The Hall–Kier alpha value is -2.57. The molecule has 1 aromatic carbocycles. The van der Waals surface area contributed by atoms with Crippen LogP contribution in [0.25, 0.3) is 10.9 Å². The zero-order chi connectivity index (χ0) is 18.6. The van der Waals surface area contributed by atoms with E-state index in [1.54, 1.807) is 30.6 Å². The maximum Gasteiger partial charge on any atom is 0.189 e. The molecule has 5 nitrogen and oxygen atoms in total. The largest absolute Gasteiger partial charge is 0.377 e. The van der Waals surface area contributed by atoms with E-state index < -0.39 is 5.82 Å². The third-order valence-electron chi connectivity index (χ3n) is 4.91.